The smallest absolute Gasteiger partial charge is 0.313 e. The molecule has 0 unspecified atom stereocenters. The van der Waals surface area contributed by atoms with E-state index in [1.165, 1.54) is 11.8 Å². The summed E-state index contributed by atoms with van der Waals surface area (Å²) in [6.45, 7) is 0. The van der Waals surface area contributed by atoms with Gasteiger partial charge in [0.2, 0.25) is 5.95 Å². The number of aromatic nitrogens is 2. The van der Waals surface area contributed by atoms with Crippen LogP contribution in [0.2, 0.25) is 0 Å². The van der Waals surface area contributed by atoms with Crippen LogP contribution in [-0.4, -0.2) is 40.9 Å². The summed E-state index contributed by atoms with van der Waals surface area (Å²) in [4.78, 5) is 20.3. The fourth-order valence-electron chi connectivity index (χ4n) is 0.764. The fourth-order valence-corrected chi connectivity index (χ4v) is 1.34. The molecule has 0 atom stereocenters. The minimum Gasteiger partial charge on any atom is -0.481 e. The number of thioether (sulfide) groups is 1. The molecule has 6 heteroatoms. The average Bonchev–Trinajstić information content (AvgIpc) is 2.15. The standard InChI is InChI=1S/C8H11N3O2S/c1-11(2)8-9-4-3-6(10-8)14-5-7(12)13/h3-4H,5H2,1-2H3,(H,12,13). The first-order chi connectivity index (χ1) is 6.59. The van der Waals surface area contributed by atoms with Crippen LogP contribution in [0, 0.1) is 0 Å². The molecule has 5 nitrogen and oxygen atoms in total. The van der Waals surface area contributed by atoms with Gasteiger partial charge in [-0.15, -0.1) is 0 Å². The van der Waals surface area contributed by atoms with E-state index in [4.69, 9.17) is 5.11 Å². The second kappa shape index (κ2) is 4.80. The maximum Gasteiger partial charge on any atom is 0.313 e. The number of anilines is 1. The van der Waals surface area contributed by atoms with E-state index >= 15 is 0 Å². The number of carbonyl (C=O) groups is 1. The van der Waals surface area contributed by atoms with E-state index in [0.29, 0.717) is 11.0 Å². The number of nitrogens with zero attached hydrogens (tertiary/aromatic N) is 3. The van der Waals surface area contributed by atoms with Gasteiger partial charge in [0.05, 0.1) is 5.75 Å². The van der Waals surface area contributed by atoms with Crippen LogP contribution in [-0.2, 0) is 4.79 Å². The van der Waals surface area contributed by atoms with Crippen molar-refractivity contribution in [2.75, 3.05) is 24.7 Å². The number of carboxylic acids is 1. The van der Waals surface area contributed by atoms with Gasteiger partial charge < -0.3 is 10.0 Å². The molecule has 0 amide bonds. The molecule has 0 fully saturated rings. The molecule has 1 aromatic rings. The number of rotatable bonds is 4. The van der Waals surface area contributed by atoms with Gasteiger partial charge in [-0.2, -0.15) is 0 Å². The van der Waals surface area contributed by atoms with Gasteiger partial charge in [-0.1, -0.05) is 11.8 Å². The van der Waals surface area contributed by atoms with Crippen LogP contribution in [0.25, 0.3) is 0 Å². The van der Waals surface area contributed by atoms with Gasteiger partial charge in [0.15, 0.2) is 0 Å². The van der Waals surface area contributed by atoms with E-state index in [0.717, 1.165) is 0 Å². The molecule has 1 rings (SSSR count). The fraction of sp³-hybridized carbons (Fsp3) is 0.375. The minimum atomic E-state index is -0.847. The van der Waals surface area contributed by atoms with Crippen LogP contribution in [0.3, 0.4) is 0 Å². The Morgan fingerprint density at radius 1 is 1.64 bits per heavy atom. The van der Waals surface area contributed by atoms with Gasteiger partial charge in [-0.3, -0.25) is 4.79 Å². The minimum absolute atomic E-state index is 0.0177. The van der Waals surface area contributed by atoms with Gasteiger partial charge in [0, 0.05) is 20.3 Å². The lowest BCUT2D eigenvalue weighted by molar-refractivity contribution is -0.133. The molecular formula is C8H11N3O2S. The quantitative estimate of drug-likeness (QED) is 0.587. The highest BCUT2D eigenvalue weighted by Crippen LogP contribution is 2.16. The molecule has 0 saturated heterocycles. The van der Waals surface area contributed by atoms with Crippen LogP contribution >= 0.6 is 11.8 Å². The van der Waals surface area contributed by atoms with E-state index < -0.39 is 5.97 Å². The molecule has 0 aliphatic carbocycles. The third-order valence-corrected chi connectivity index (χ3v) is 2.28. The van der Waals surface area contributed by atoms with E-state index in [9.17, 15) is 4.79 Å². The Morgan fingerprint density at radius 2 is 2.36 bits per heavy atom. The monoisotopic (exact) mass is 213 g/mol. The van der Waals surface area contributed by atoms with Crippen molar-refractivity contribution in [3.05, 3.63) is 12.3 Å². The van der Waals surface area contributed by atoms with Crippen LogP contribution in [0.1, 0.15) is 0 Å². The molecule has 1 N–H and O–H groups in total. The maximum atomic E-state index is 10.3. The van der Waals surface area contributed by atoms with Crippen molar-refractivity contribution in [2.24, 2.45) is 0 Å². The van der Waals surface area contributed by atoms with Crippen LogP contribution in [0.15, 0.2) is 17.3 Å². The van der Waals surface area contributed by atoms with Gasteiger partial charge in [-0.05, 0) is 6.07 Å². The van der Waals surface area contributed by atoms with E-state index in [-0.39, 0.29) is 5.75 Å². The van der Waals surface area contributed by atoms with Crippen molar-refractivity contribution in [1.82, 2.24) is 9.97 Å². The van der Waals surface area contributed by atoms with Gasteiger partial charge in [-0.25, -0.2) is 9.97 Å². The van der Waals surface area contributed by atoms with Crippen molar-refractivity contribution in [3.8, 4) is 0 Å². The predicted octanol–water partition coefficient (Wildman–Crippen LogP) is 0.719. The Morgan fingerprint density at radius 3 is 2.93 bits per heavy atom. The number of hydrogen-bond donors (Lipinski definition) is 1. The van der Waals surface area contributed by atoms with E-state index in [2.05, 4.69) is 9.97 Å². The van der Waals surface area contributed by atoms with Crippen LogP contribution in [0.5, 0.6) is 0 Å². The Balaban J connectivity index is 2.68. The average molecular weight is 213 g/mol. The SMILES string of the molecule is CN(C)c1nccc(SCC(=O)O)n1. The molecule has 0 radical (unpaired) electrons. The lowest BCUT2D eigenvalue weighted by Gasteiger charge is -2.09. The second-order valence-corrected chi connectivity index (χ2v) is 3.77. The van der Waals surface area contributed by atoms with Crippen molar-refractivity contribution >= 4 is 23.7 Å². The molecule has 1 aromatic heterocycles. The highest BCUT2D eigenvalue weighted by molar-refractivity contribution is 7.99. The lowest BCUT2D eigenvalue weighted by Crippen LogP contribution is -2.12. The zero-order chi connectivity index (χ0) is 10.6. The van der Waals surface area contributed by atoms with Crippen molar-refractivity contribution < 1.29 is 9.90 Å². The first kappa shape index (κ1) is 10.8. The van der Waals surface area contributed by atoms with Gasteiger partial charge >= 0.3 is 5.97 Å². The zero-order valence-corrected chi connectivity index (χ0v) is 8.78. The molecule has 1 heterocycles. The largest absolute Gasteiger partial charge is 0.481 e. The third kappa shape index (κ3) is 3.21. The topological polar surface area (TPSA) is 66.3 Å². The number of aliphatic carboxylic acids is 1. The highest BCUT2D eigenvalue weighted by atomic mass is 32.2. The number of carboxylic acid groups (broad SMARTS) is 1. The van der Waals surface area contributed by atoms with Crippen LogP contribution in [0.4, 0.5) is 5.95 Å². The Bertz CT molecular complexity index is 330. The van der Waals surface area contributed by atoms with Gasteiger partial charge in [0.1, 0.15) is 5.03 Å². The molecule has 0 aromatic carbocycles. The zero-order valence-electron chi connectivity index (χ0n) is 7.97. The summed E-state index contributed by atoms with van der Waals surface area (Å²) in [6.07, 6.45) is 1.62. The summed E-state index contributed by atoms with van der Waals surface area (Å²) >= 11 is 1.18. The molecular weight excluding hydrogens is 202 g/mol. The Hall–Kier alpha value is -1.30. The predicted molar refractivity (Wildman–Crippen MR) is 54.7 cm³/mol. The van der Waals surface area contributed by atoms with E-state index in [1.54, 1.807) is 17.2 Å². The maximum absolute atomic E-state index is 10.3. The summed E-state index contributed by atoms with van der Waals surface area (Å²) < 4.78 is 0. The first-order valence-electron chi connectivity index (χ1n) is 3.94. The first-order valence-corrected chi connectivity index (χ1v) is 4.93. The Labute approximate surface area is 86.2 Å². The third-order valence-electron chi connectivity index (χ3n) is 1.36. The molecule has 0 spiro atoms. The molecule has 0 aliphatic rings. The normalized spacial score (nSPS) is 9.86. The number of hydrogen-bond acceptors (Lipinski definition) is 5. The second-order valence-electron chi connectivity index (χ2n) is 2.77. The van der Waals surface area contributed by atoms with E-state index in [1.807, 2.05) is 14.1 Å². The molecule has 14 heavy (non-hydrogen) atoms. The molecule has 0 saturated carbocycles. The molecule has 76 valence electrons. The summed E-state index contributed by atoms with van der Waals surface area (Å²) in [5, 5.41) is 9.15. The summed E-state index contributed by atoms with van der Waals surface area (Å²) in [6, 6.07) is 1.70. The van der Waals surface area contributed by atoms with Crippen molar-refractivity contribution in [2.45, 2.75) is 5.03 Å². The molecule has 0 bridgehead atoms. The summed E-state index contributed by atoms with van der Waals surface area (Å²) in [7, 11) is 3.67. The van der Waals surface area contributed by atoms with Crippen LogP contribution < -0.4 is 4.90 Å². The van der Waals surface area contributed by atoms with Gasteiger partial charge in [0.25, 0.3) is 0 Å². The summed E-state index contributed by atoms with van der Waals surface area (Å²) in [5.74, 6) is -0.246. The molecule has 0 aliphatic heterocycles. The highest BCUT2D eigenvalue weighted by Gasteiger charge is 2.03. The summed E-state index contributed by atoms with van der Waals surface area (Å²) in [5.41, 5.74) is 0. The van der Waals surface area contributed by atoms with Crippen molar-refractivity contribution in [1.29, 1.82) is 0 Å². The lowest BCUT2D eigenvalue weighted by atomic mass is 10.6. The Kier molecular flexibility index (Phi) is 3.70. The van der Waals surface area contributed by atoms with Crippen molar-refractivity contribution in [3.63, 3.8) is 0 Å².